The SMILES string of the molecule is O=C(CCn1ccccc1=O)N1CCCCCC1CO. The number of carbonyl (C=O) groups excluding carboxylic acids is 1. The molecule has 1 atom stereocenters. The molecule has 0 spiro atoms. The third-order valence-electron chi connectivity index (χ3n) is 3.87. The Hall–Kier alpha value is -1.62. The molecule has 2 rings (SSSR count). The van der Waals surface area contributed by atoms with Crippen LogP contribution in [0.3, 0.4) is 0 Å². The number of aliphatic hydroxyl groups is 1. The van der Waals surface area contributed by atoms with Crippen LogP contribution in [0.4, 0.5) is 0 Å². The van der Waals surface area contributed by atoms with E-state index >= 15 is 0 Å². The molecule has 5 heteroatoms. The first-order chi connectivity index (χ1) is 9.72. The van der Waals surface area contributed by atoms with Crippen molar-refractivity contribution in [2.45, 2.75) is 44.7 Å². The van der Waals surface area contributed by atoms with E-state index in [4.69, 9.17) is 0 Å². The highest BCUT2D eigenvalue weighted by Gasteiger charge is 2.24. The van der Waals surface area contributed by atoms with Crippen LogP contribution in [0.15, 0.2) is 29.2 Å². The zero-order valence-corrected chi connectivity index (χ0v) is 11.7. The van der Waals surface area contributed by atoms with Gasteiger partial charge in [0.2, 0.25) is 5.91 Å². The molecule has 5 nitrogen and oxygen atoms in total. The maximum absolute atomic E-state index is 12.3. The van der Waals surface area contributed by atoms with Crippen LogP contribution in [-0.4, -0.2) is 39.7 Å². The van der Waals surface area contributed by atoms with Gasteiger partial charge in [-0.2, -0.15) is 0 Å². The van der Waals surface area contributed by atoms with Crippen LogP contribution in [0.2, 0.25) is 0 Å². The summed E-state index contributed by atoms with van der Waals surface area (Å²) in [4.78, 5) is 25.7. The summed E-state index contributed by atoms with van der Waals surface area (Å²) in [5, 5.41) is 9.42. The van der Waals surface area contributed by atoms with E-state index in [0.29, 0.717) is 19.5 Å². The minimum absolute atomic E-state index is 0.0248. The second kappa shape index (κ2) is 7.24. The highest BCUT2D eigenvalue weighted by atomic mass is 16.3. The van der Waals surface area contributed by atoms with E-state index in [1.165, 1.54) is 6.07 Å². The van der Waals surface area contributed by atoms with E-state index in [2.05, 4.69) is 0 Å². The van der Waals surface area contributed by atoms with Gasteiger partial charge in [0.05, 0.1) is 12.6 Å². The molecule has 1 N–H and O–H groups in total. The summed E-state index contributed by atoms with van der Waals surface area (Å²) in [5.41, 5.74) is -0.0881. The van der Waals surface area contributed by atoms with Crippen LogP contribution in [0.5, 0.6) is 0 Å². The number of nitrogens with zero attached hydrogens (tertiary/aromatic N) is 2. The summed E-state index contributed by atoms with van der Waals surface area (Å²) in [6.07, 6.45) is 6.04. The number of rotatable bonds is 4. The Bertz CT molecular complexity index is 498. The van der Waals surface area contributed by atoms with Crippen molar-refractivity contribution in [3.05, 3.63) is 34.7 Å². The first kappa shape index (κ1) is 14.8. The molecule has 1 aromatic heterocycles. The van der Waals surface area contributed by atoms with Crippen molar-refractivity contribution >= 4 is 5.91 Å². The third-order valence-corrected chi connectivity index (χ3v) is 3.87. The molecule has 0 bridgehead atoms. The number of aryl methyl sites for hydroxylation is 1. The Morgan fingerprint density at radius 3 is 2.90 bits per heavy atom. The average molecular weight is 278 g/mol. The predicted octanol–water partition coefficient (Wildman–Crippen LogP) is 1.00. The summed E-state index contributed by atoms with van der Waals surface area (Å²) in [7, 11) is 0. The molecule has 0 aromatic carbocycles. The highest BCUT2D eigenvalue weighted by molar-refractivity contribution is 5.76. The standard InChI is InChI=1S/C15H22N2O3/c18-12-13-6-2-1-4-10-17(13)15(20)8-11-16-9-5-3-7-14(16)19/h3,5,7,9,13,18H,1-2,4,6,8,10-12H2. The smallest absolute Gasteiger partial charge is 0.250 e. The summed E-state index contributed by atoms with van der Waals surface area (Å²) >= 11 is 0. The molecule has 1 aliphatic rings. The van der Waals surface area contributed by atoms with E-state index < -0.39 is 0 Å². The lowest BCUT2D eigenvalue weighted by atomic mass is 10.1. The largest absolute Gasteiger partial charge is 0.394 e. The molecule has 0 radical (unpaired) electrons. The second-order valence-corrected chi connectivity index (χ2v) is 5.26. The molecule has 1 aliphatic heterocycles. The molecule has 1 saturated heterocycles. The lowest BCUT2D eigenvalue weighted by Crippen LogP contribution is -2.42. The van der Waals surface area contributed by atoms with Crippen LogP contribution in [0, 0.1) is 0 Å². The highest BCUT2D eigenvalue weighted by Crippen LogP contribution is 2.17. The Labute approximate surface area is 118 Å². The lowest BCUT2D eigenvalue weighted by Gasteiger charge is -2.28. The van der Waals surface area contributed by atoms with E-state index in [1.807, 2.05) is 0 Å². The Balaban J connectivity index is 1.96. The number of amides is 1. The number of aliphatic hydroxyl groups excluding tert-OH is 1. The number of hydrogen-bond acceptors (Lipinski definition) is 3. The third kappa shape index (κ3) is 3.70. The zero-order valence-electron chi connectivity index (χ0n) is 11.7. The van der Waals surface area contributed by atoms with Gasteiger partial charge >= 0.3 is 0 Å². The minimum atomic E-state index is -0.0881. The molecule has 1 aromatic rings. The first-order valence-corrected chi connectivity index (χ1v) is 7.28. The van der Waals surface area contributed by atoms with Crippen molar-refractivity contribution in [2.24, 2.45) is 0 Å². The van der Waals surface area contributed by atoms with Crippen molar-refractivity contribution in [1.29, 1.82) is 0 Å². The molecule has 1 amide bonds. The molecule has 1 unspecified atom stereocenters. The van der Waals surface area contributed by atoms with Gasteiger partial charge in [0.15, 0.2) is 0 Å². The molecule has 0 saturated carbocycles. The molecule has 0 aliphatic carbocycles. The second-order valence-electron chi connectivity index (χ2n) is 5.26. The summed E-state index contributed by atoms with van der Waals surface area (Å²) in [6.45, 7) is 1.14. The topological polar surface area (TPSA) is 62.5 Å². The van der Waals surface area contributed by atoms with Gasteiger partial charge < -0.3 is 14.6 Å². The summed E-state index contributed by atoms with van der Waals surface area (Å²) in [6, 6.07) is 4.91. The van der Waals surface area contributed by atoms with Gasteiger partial charge in [0.25, 0.3) is 5.56 Å². The fraction of sp³-hybridized carbons (Fsp3) is 0.600. The monoisotopic (exact) mass is 278 g/mol. The fourth-order valence-corrected chi connectivity index (χ4v) is 2.70. The maximum atomic E-state index is 12.3. The number of carbonyl (C=O) groups is 1. The number of pyridine rings is 1. The van der Waals surface area contributed by atoms with Crippen LogP contribution in [-0.2, 0) is 11.3 Å². The van der Waals surface area contributed by atoms with Crippen molar-refractivity contribution in [3.63, 3.8) is 0 Å². The molecule has 110 valence electrons. The van der Waals surface area contributed by atoms with Gasteiger partial charge in [-0.15, -0.1) is 0 Å². The van der Waals surface area contributed by atoms with Crippen molar-refractivity contribution in [3.8, 4) is 0 Å². The van der Waals surface area contributed by atoms with Crippen molar-refractivity contribution < 1.29 is 9.90 Å². The summed E-state index contributed by atoms with van der Waals surface area (Å²) < 4.78 is 1.55. The maximum Gasteiger partial charge on any atom is 0.250 e. The van der Waals surface area contributed by atoms with Crippen LogP contribution >= 0.6 is 0 Å². The lowest BCUT2D eigenvalue weighted by molar-refractivity contribution is -0.134. The molecular formula is C15H22N2O3. The van der Waals surface area contributed by atoms with E-state index in [-0.39, 0.29) is 24.1 Å². The van der Waals surface area contributed by atoms with Gasteiger partial charge in [-0.25, -0.2) is 0 Å². The van der Waals surface area contributed by atoms with E-state index in [9.17, 15) is 14.7 Å². The average Bonchev–Trinajstić information content (AvgIpc) is 2.71. The van der Waals surface area contributed by atoms with Crippen molar-refractivity contribution in [2.75, 3.05) is 13.2 Å². The van der Waals surface area contributed by atoms with Crippen LogP contribution < -0.4 is 5.56 Å². The van der Waals surface area contributed by atoms with Gasteiger partial charge in [0, 0.05) is 31.8 Å². The molecule has 2 heterocycles. The van der Waals surface area contributed by atoms with Crippen LogP contribution in [0.1, 0.15) is 32.1 Å². The fourth-order valence-electron chi connectivity index (χ4n) is 2.70. The quantitative estimate of drug-likeness (QED) is 0.894. The Morgan fingerprint density at radius 2 is 2.15 bits per heavy atom. The number of aromatic nitrogens is 1. The first-order valence-electron chi connectivity index (χ1n) is 7.28. The Kier molecular flexibility index (Phi) is 5.35. The van der Waals surface area contributed by atoms with E-state index in [0.717, 1.165) is 25.7 Å². The normalized spacial score (nSPS) is 19.6. The van der Waals surface area contributed by atoms with Crippen molar-refractivity contribution in [1.82, 2.24) is 9.47 Å². The van der Waals surface area contributed by atoms with Gasteiger partial charge in [0.1, 0.15) is 0 Å². The minimum Gasteiger partial charge on any atom is -0.394 e. The summed E-state index contributed by atoms with van der Waals surface area (Å²) in [5.74, 6) is 0.0294. The number of hydrogen-bond donors (Lipinski definition) is 1. The van der Waals surface area contributed by atoms with Gasteiger partial charge in [-0.1, -0.05) is 18.9 Å². The Morgan fingerprint density at radius 1 is 1.30 bits per heavy atom. The van der Waals surface area contributed by atoms with E-state index in [1.54, 1.807) is 27.8 Å². The van der Waals surface area contributed by atoms with Gasteiger partial charge in [-0.05, 0) is 18.9 Å². The molecule has 1 fully saturated rings. The zero-order chi connectivity index (χ0) is 14.4. The molecule has 20 heavy (non-hydrogen) atoms. The van der Waals surface area contributed by atoms with Gasteiger partial charge in [-0.3, -0.25) is 9.59 Å². The number of likely N-dealkylation sites (tertiary alicyclic amines) is 1. The van der Waals surface area contributed by atoms with Crippen LogP contribution in [0.25, 0.3) is 0 Å². The predicted molar refractivity (Wildman–Crippen MR) is 76.4 cm³/mol. The molecular weight excluding hydrogens is 256 g/mol.